The highest BCUT2D eigenvalue weighted by Gasteiger charge is 2.33. The molecule has 1 atom stereocenters. The zero-order valence-corrected chi connectivity index (χ0v) is 16.0. The van der Waals surface area contributed by atoms with Crippen LogP contribution in [0.4, 0.5) is 0 Å². The topological polar surface area (TPSA) is 49.9 Å². The molecule has 6 heteroatoms. The third-order valence-electron chi connectivity index (χ3n) is 4.74. The highest BCUT2D eigenvalue weighted by molar-refractivity contribution is 7.10. The Morgan fingerprint density at radius 3 is 2.73 bits per heavy atom. The van der Waals surface area contributed by atoms with Crippen LogP contribution in [0.15, 0.2) is 41.8 Å². The molecule has 2 amide bonds. The number of fused-ring (bicyclic) bond motifs is 1. The number of carbonyl (C=O) groups is 2. The molecule has 2 heterocycles. The molecule has 0 aliphatic carbocycles. The maximum Gasteiger partial charge on any atom is 0.242 e. The molecule has 1 aromatic carbocycles. The van der Waals surface area contributed by atoms with Crippen molar-refractivity contribution in [2.45, 2.75) is 19.4 Å². The van der Waals surface area contributed by atoms with Crippen molar-refractivity contribution in [3.05, 3.63) is 57.8 Å². The smallest absolute Gasteiger partial charge is 0.242 e. The largest absolute Gasteiger partial charge is 0.383 e. The third kappa shape index (κ3) is 3.97. The van der Waals surface area contributed by atoms with Crippen molar-refractivity contribution in [3.63, 3.8) is 0 Å². The number of benzene rings is 1. The molecule has 0 bridgehead atoms. The molecule has 1 aliphatic heterocycles. The number of hydrogen-bond acceptors (Lipinski definition) is 4. The summed E-state index contributed by atoms with van der Waals surface area (Å²) in [6.45, 7) is 3.09. The standard InChI is InChI=1S/C20H24N2O3S/c1-15(23)21(11-12-25-2)14-19(24)22-10-8-18-17(9-13-26-18)20(22)16-6-4-3-5-7-16/h3-7,9,13,20H,8,10-12,14H2,1-2H3. The minimum Gasteiger partial charge on any atom is -0.383 e. The molecule has 0 saturated heterocycles. The maximum atomic E-state index is 13.1. The average Bonchev–Trinajstić information content (AvgIpc) is 3.13. The summed E-state index contributed by atoms with van der Waals surface area (Å²) < 4.78 is 5.06. The first-order valence-corrected chi connectivity index (χ1v) is 9.65. The molecule has 0 fully saturated rings. The zero-order chi connectivity index (χ0) is 18.5. The summed E-state index contributed by atoms with van der Waals surface area (Å²) in [5, 5.41) is 2.09. The second-order valence-electron chi connectivity index (χ2n) is 6.38. The van der Waals surface area contributed by atoms with Gasteiger partial charge in [0, 0.05) is 32.0 Å². The Morgan fingerprint density at radius 1 is 1.27 bits per heavy atom. The van der Waals surface area contributed by atoms with Gasteiger partial charge in [0.05, 0.1) is 19.2 Å². The normalized spacial score (nSPS) is 16.2. The molecule has 0 N–H and O–H groups in total. The van der Waals surface area contributed by atoms with Gasteiger partial charge in [0.15, 0.2) is 0 Å². The van der Waals surface area contributed by atoms with Crippen molar-refractivity contribution in [2.75, 3.05) is 33.4 Å². The van der Waals surface area contributed by atoms with Crippen LogP contribution in [0.3, 0.4) is 0 Å². The molecule has 0 saturated carbocycles. The molecule has 1 unspecified atom stereocenters. The predicted octanol–water partition coefficient (Wildman–Crippen LogP) is 2.72. The van der Waals surface area contributed by atoms with Crippen molar-refractivity contribution >= 4 is 23.2 Å². The van der Waals surface area contributed by atoms with Gasteiger partial charge in [-0.2, -0.15) is 0 Å². The number of nitrogens with zero attached hydrogens (tertiary/aromatic N) is 2. The van der Waals surface area contributed by atoms with Gasteiger partial charge in [0.25, 0.3) is 0 Å². The van der Waals surface area contributed by atoms with Gasteiger partial charge in [-0.15, -0.1) is 11.3 Å². The summed E-state index contributed by atoms with van der Waals surface area (Å²) in [6, 6.07) is 12.1. The van der Waals surface area contributed by atoms with E-state index in [0.29, 0.717) is 19.7 Å². The molecule has 0 spiro atoms. The minimum atomic E-state index is -0.111. The average molecular weight is 372 g/mol. The molecule has 1 aliphatic rings. The second kappa shape index (κ2) is 8.47. The van der Waals surface area contributed by atoms with E-state index in [1.165, 1.54) is 17.4 Å². The van der Waals surface area contributed by atoms with E-state index in [4.69, 9.17) is 4.74 Å². The Kier molecular flexibility index (Phi) is 6.06. The molecular weight excluding hydrogens is 348 g/mol. The van der Waals surface area contributed by atoms with Gasteiger partial charge >= 0.3 is 0 Å². The van der Waals surface area contributed by atoms with E-state index in [1.807, 2.05) is 23.1 Å². The monoisotopic (exact) mass is 372 g/mol. The van der Waals surface area contributed by atoms with E-state index >= 15 is 0 Å². The van der Waals surface area contributed by atoms with Gasteiger partial charge in [0.2, 0.25) is 11.8 Å². The fourth-order valence-corrected chi connectivity index (χ4v) is 4.29. The third-order valence-corrected chi connectivity index (χ3v) is 5.73. The molecular formula is C20H24N2O3S. The van der Waals surface area contributed by atoms with Gasteiger partial charge in [-0.3, -0.25) is 9.59 Å². The van der Waals surface area contributed by atoms with E-state index in [-0.39, 0.29) is 24.4 Å². The van der Waals surface area contributed by atoms with Crippen molar-refractivity contribution in [1.82, 2.24) is 9.80 Å². The number of ether oxygens (including phenoxy) is 1. The van der Waals surface area contributed by atoms with Gasteiger partial charge in [0.1, 0.15) is 0 Å². The first-order chi connectivity index (χ1) is 12.6. The summed E-state index contributed by atoms with van der Waals surface area (Å²) in [4.78, 5) is 29.8. The Morgan fingerprint density at radius 2 is 2.04 bits per heavy atom. The summed E-state index contributed by atoms with van der Waals surface area (Å²) in [7, 11) is 1.59. The lowest BCUT2D eigenvalue weighted by molar-refractivity contribution is -0.141. The maximum absolute atomic E-state index is 13.1. The fraction of sp³-hybridized carbons (Fsp3) is 0.400. The number of carbonyl (C=O) groups excluding carboxylic acids is 2. The van der Waals surface area contributed by atoms with Crippen LogP contribution in [0, 0.1) is 0 Å². The summed E-state index contributed by atoms with van der Waals surface area (Å²) in [6.07, 6.45) is 0.861. The van der Waals surface area contributed by atoms with Crippen molar-refractivity contribution in [2.24, 2.45) is 0 Å². The van der Waals surface area contributed by atoms with E-state index in [1.54, 1.807) is 23.3 Å². The zero-order valence-electron chi connectivity index (χ0n) is 15.2. The molecule has 1 aromatic heterocycles. The van der Waals surface area contributed by atoms with E-state index in [0.717, 1.165) is 12.0 Å². The Bertz CT molecular complexity index is 759. The van der Waals surface area contributed by atoms with Crippen molar-refractivity contribution in [1.29, 1.82) is 0 Å². The number of rotatable bonds is 6. The molecule has 138 valence electrons. The highest BCUT2D eigenvalue weighted by atomic mass is 32.1. The fourth-order valence-electron chi connectivity index (χ4n) is 3.38. The molecule has 26 heavy (non-hydrogen) atoms. The SMILES string of the molecule is COCCN(CC(=O)N1CCc2sccc2C1c1ccccc1)C(C)=O. The summed E-state index contributed by atoms with van der Waals surface area (Å²) >= 11 is 1.75. The van der Waals surface area contributed by atoms with Crippen LogP contribution in [0.25, 0.3) is 0 Å². The summed E-state index contributed by atoms with van der Waals surface area (Å²) in [5.41, 5.74) is 2.30. The van der Waals surface area contributed by atoms with Crippen LogP contribution in [-0.2, 0) is 20.7 Å². The molecule has 5 nitrogen and oxygen atoms in total. The number of hydrogen-bond donors (Lipinski definition) is 0. The first-order valence-electron chi connectivity index (χ1n) is 8.77. The van der Waals surface area contributed by atoms with Crippen LogP contribution in [-0.4, -0.2) is 55.0 Å². The first kappa shape index (κ1) is 18.6. The van der Waals surface area contributed by atoms with Crippen LogP contribution in [0.5, 0.6) is 0 Å². The number of methoxy groups -OCH3 is 1. The number of thiophene rings is 1. The highest BCUT2D eigenvalue weighted by Crippen LogP contribution is 2.37. The van der Waals surface area contributed by atoms with E-state index in [9.17, 15) is 9.59 Å². The van der Waals surface area contributed by atoms with Crippen LogP contribution in [0.1, 0.15) is 29.0 Å². The quantitative estimate of drug-likeness (QED) is 0.783. The van der Waals surface area contributed by atoms with Gasteiger partial charge in [-0.25, -0.2) is 0 Å². The van der Waals surface area contributed by atoms with Gasteiger partial charge in [-0.05, 0) is 29.0 Å². The second-order valence-corrected chi connectivity index (χ2v) is 7.38. The van der Waals surface area contributed by atoms with Crippen molar-refractivity contribution < 1.29 is 14.3 Å². The lowest BCUT2D eigenvalue weighted by Gasteiger charge is -2.37. The van der Waals surface area contributed by atoms with E-state index in [2.05, 4.69) is 23.6 Å². The Labute approximate surface area is 158 Å². The summed E-state index contributed by atoms with van der Waals surface area (Å²) in [5.74, 6) is -0.137. The lowest BCUT2D eigenvalue weighted by Crippen LogP contribution is -2.47. The van der Waals surface area contributed by atoms with Crippen LogP contribution >= 0.6 is 11.3 Å². The van der Waals surface area contributed by atoms with Crippen LogP contribution in [0.2, 0.25) is 0 Å². The van der Waals surface area contributed by atoms with Gasteiger partial charge < -0.3 is 14.5 Å². The Balaban J connectivity index is 1.85. The van der Waals surface area contributed by atoms with Crippen LogP contribution < -0.4 is 0 Å². The van der Waals surface area contributed by atoms with Crippen molar-refractivity contribution in [3.8, 4) is 0 Å². The Hall–Kier alpha value is -2.18. The van der Waals surface area contributed by atoms with Gasteiger partial charge in [-0.1, -0.05) is 30.3 Å². The minimum absolute atomic E-state index is 0.0259. The molecule has 0 radical (unpaired) electrons. The lowest BCUT2D eigenvalue weighted by atomic mass is 9.93. The number of amides is 2. The molecule has 2 aromatic rings. The molecule has 3 rings (SSSR count). The predicted molar refractivity (Wildman–Crippen MR) is 102 cm³/mol. The van der Waals surface area contributed by atoms with E-state index < -0.39 is 0 Å².